The van der Waals surface area contributed by atoms with Crippen LogP contribution in [-0.2, 0) is 0 Å². The number of hydrogen-bond donors (Lipinski definition) is 3. The highest BCUT2D eigenvalue weighted by molar-refractivity contribution is 7.24. The SMILES string of the molecule is Nc1c(O)c(O)cc2sc3ccccc3c(=O)c12. The first kappa shape index (κ1) is 10.9. The number of fused-ring (bicyclic) bond motifs is 2. The highest BCUT2D eigenvalue weighted by Crippen LogP contribution is 2.39. The Morgan fingerprint density at radius 1 is 1.11 bits per heavy atom. The van der Waals surface area contributed by atoms with Gasteiger partial charge in [-0.05, 0) is 12.1 Å². The van der Waals surface area contributed by atoms with Gasteiger partial charge >= 0.3 is 0 Å². The molecule has 0 atom stereocenters. The van der Waals surface area contributed by atoms with E-state index in [0.29, 0.717) is 10.1 Å². The molecule has 0 spiro atoms. The van der Waals surface area contributed by atoms with Crippen LogP contribution in [0, 0.1) is 0 Å². The standard InChI is InChI=1S/C13H9NO3S/c14-11-10-9(5-7(15)13(11)17)18-8-4-2-1-3-6(8)12(10)16/h1-5,15,17H,14H2. The van der Waals surface area contributed by atoms with Gasteiger partial charge in [-0.1, -0.05) is 12.1 Å². The molecule has 0 amide bonds. The molecule has 0 fully saturated rings. The largest absolute Gasteiger partial charge is 0.504 e. The zero-order chi connectivity index (χ0) is 12.9. The molecule has 4 nitrogen and oxygen atoms in total. The minimum Gasteiger partial charge on any atom is -0.504 e. The van der Waals surface area contributed by atoms with Crippen molar-refractivity contribution in [3.63, 3.8) is 0 Å². The molecule has 3 aromatic rings. The highest BCUT2D eigenvalue weighted by Gasteiger charge is 2.14. The summed E-state index contributed by atoms with van der Waals surface area (Å²) < 4.78 is 1.38. The van der Waals surface area contributed by atoms with E-state index < -0.39 is 5.75 Å². The topological polar surface area (TPSA) is 83.6 Å². The van der Waals surface area contributed by atoms with Gasteiger partial charge in [-0.3, -0.25) is 4.79 Å². The molecule has 18 heavy (non-hydrogen) atoms. The molecule has 0 radical (unpaired) electrons. The predicted molar refractivity (Wildman–Crippen MR) is 73.3 cm³/mol. The van der Waals surface area contributed by atoms with Crippen molar-refractivity contribution < 1.29 is 10.2 Å². The van der Waals surface area contributed by atoms with E-state index in [1.807, 2.05) is 12.1 Å². The van der Waals surface area contributed by atoms with Crippen LogP contribution in [-0.4, -0.2) is 10.2 Å². The Bertz CT molecular complexity index is 839. The molecule has 0 aliphatic carbocycles. The van der Waals surface area contributed by atoms with Crippen LogP contribution in [0.1, 0.15) is 0 Å². The number of rotatable bonds is 0. The number of nitrogen functional groups attached to an aromatic ring is 1. The Labute approximate surface area is 106 Å². The third kappa shape index (κ3) is 1.34. The maximum atomic E-state index is 12.3. The first-order valence-corrected chi connectivity index (χ1v) is 6.07. The van der Waals surface area contributed by atoms with E-state index in [1.165, 1.54) is 17.4 Å². The number of aromatic hydroxyl groups is 2. The van der Waals surface area contributed by atoms with Crippen molar-refractivity contribution in [1.29, 1.82) is 0 Å². The van der Waals surface area contributed by atoms with Crippen LogP contribution in [0.3, 0.4) is 0 Å². The van der Waals surface area contributed by atoms with E-state index in [2.05, 4.69) is 0 Å². The minimum absolute atomic E-state index is 0.0722. The molecule has 0 saturated carbocycles. The lowest BCUT2D eigenvalue weighted by atomic mass is 10.1. The number of phenolic OH excluding ortho intramolecular Hbond substituents is 2. The van der Waals surface area contributed by atoms with Gasteiger partial charge in [0, 0.05) is 20.9 Å². The smallest absolute Gasteiger partial charge is 0.198 e. The van der Waals surface area contributed by atoms with Gasteiger partial charge in [0.25, 0.3) is 0 Å². The summed E-state index contributed by atoms with van der Waals surface area (Å²) >= 11 is 1.35. The molecule has 0 saturated heterocycles. The van der Waals surface area contributed by atoms with Crippen LogP contribution in [0.4, 0.5) is 5.69 Å². The van der Waals surface area contributed by atoms with E-state index >= 15 is 0 Å². The quantitative estimate of drug-likeness (QED) is 0.329. The third-order valence-electron chi connectivity index (χ3n) is 2.86. The monoisotopic (exact) mass is 259 g/mol. The van der Waals surface area contributed by atoms with Crippen LogP contribution in [0.2, 0.25) is 0 Å². The lowest BCUT2D eigenvalue weighted by molar-refractivity contribution is 0.407. The number of phenols is 2. The Hall–Kier alpha value is -2.27. The van der Waals surface area contributed by atoms with Crippen molar-refractivity contribution >= 4 is 37.2 Å². The van der Waals surface area contributed by atoms with Crippen LogP contribution in [0.25, 0.3) is 20.2 Å². The first-order chi connectivity index (χ1) is 8.59. The van der Waals surface area contributed by atoms with E-state index in [1.54, 1.807) is 12.1 Å². The summed E-state index contributed by atoms with van der Waals surface area (Å²) in [4.78, 5) is 12.3. The average molecular weight is 259 g/mol. The normalized spacial score (nSPS) is 11.1. The summed E-state index contributed by atoms with van der Waals surface area (Å²) in [5, 5.41) is 19.9. The van der Waals surface area contributed by atoms with E-state index in [4.69, 9.17) is 5.73 Å². The lowest BCUT2D eigenvalue weighted by Gasteiger charge is -2.07. The van der Waals surface area contributed by atoms with Gasteiger partial charge in [-0.25, -0.2) is 0 Å². The fourth-order valence-electron chi connectivity index (χ4n) is 1.96. The fraction of sp³-hybridized carbons (Fsp3) is 0. The second kappa shape index (κ2) is 3.61. The molecule has 5 heteroatoms. The molecule has 90 valence electrons. The summed E-state index contributed by atoms with van der Waals surface area (Å²) in [5.41, 5.74) is 5.41. The van der Waals surface area contributed by atoms with Gasteiger partial charge in [-0.2, -0.15) is 0 Å². The molecular formula is C13H9NO3S. The number of anilines is 1. The average Bonchev–Trinajstić information content (AvgIpc) is 2.36. The molecule has 0 unspecified atom stereocenters. The van der Waals surface area contributed by atoms with Gasteiger partial charge in [-0.15, -0.1) is 11.3 Å². The van der Waals surface area contributed by atoms with Crippen molar-refractivity contribution in [2.24, 2.45) is 0 Å². The van der Waals surface area contributed by atoms with E-state index in [-0.39, 0.29) is 22.3 Å². The van der Waals surface area contributed by atoms with Gasteiger partial charge < -0.3 is 15.9 Å². The van der Waals surface area contributed by atoms with Crippen molar-refractivity contribution in [3.05, 3.63) is 40.6 Å². The van der Waals surface area contributed by atoms with Crippen LogP contribution < -0.4 is 11.2 Å². The minimum atomic E-state index is -0.443. The summed E-state index contributed by atoms with van der Waals surface area (Å²) in [5.74, 6) is -0.756. The van der Waals surface area contributed by atoms with E-state index in [9.17, 15) is 15.0 Å². The van der Waals surface area contributed by atoms with Crippen LogP contribution in [0.5, 0.6) is 11.5 Å². The van der Waals surface area contributed by atoms with Gasteiger partial charge in [0.15, 0.2) is 16.9 Å². The fourth-order valence-corrected chi connectivity index (χ4v) is 3.09. The zero-order valence-corrected chi connectivity index (χ0v) is 9.99. The van der Waals surface area contributed by atoms with Crippen LogP contribution >= 0.6 is 11.3 Å². The highest BCUT2D eigenvalue weighted by atomic mass is 32.1. The van der Waals surface area contributed by atoms with Crippen LogP contribution in [0.15, 0.2) is 35.1 Å². The molecule has 3 rings (SSSR count). The van der Waals surface area contributed by atoms with Crippen molar-refractivity contribution in [2.45, 2.75) is 0 Å². The van der Waals surface area contributed by atoms with Gasteiger partial charge in [0.05, 0.1) is 11.1 Å². The zero-order valence-electron chi connectivity index (χ0n) is 9.18. The molecular weight excluding hydrogens is 250 g/mol. The maximum Gasteiger partial charge on any atom is 0.198 e. The molecule has 1 heterocycles. The Balaban J connectivity index is 2.65. The van der Waals surface area contributed by atoms with Gasteiger partial charge in [0.2, 0.25) is 0 Å². The summed E-state index contributed by atoms with van der Waals surface area (Å²) in [6.45, 7) is 0. The Morgan fingerprint density at radius 2 is 1.83 bits per heavy atom. The summed E-state index contributed by atoms with van der Waals surface area (Å²) in [6, 6.07) is 8.53. The van der Waals surface area contributed by atoms with Crippen molar-refractivity contribution in [2.75, 3.05) is 5.73 Å². The number of benzene rings is 2. The second-order valence-corrected chi connectivity index (χ2v) is 5.04. The predicted octanol–water partition coefficient (Wildman–Crippen LogP) is 2.41. The first-order valence-electron chi connectivity index (χ1n) is 5.25. The summed E-state index contributed by atoms with van der Waals surface area (Å²) in [6.07, 6.45) is 0. The van der Waals surface area contributed by atoms with Crippen molar-refractivity contribution in [1.82, 2.24) is 0 Å². The molecule has 2 aromatic carbocycles. The molecule has 0 aliphatic heterocycles. The lowest BCUT2D eigenvalue weighted by Crippen LogP contribution is -2.04. The number of hydrogen-bond acceptors (Lipinski definition) is 5. The summed E-state index contributed by atoms with van der Waals surface area (Å²) in [7, 11) is 0. The maximum absolute atomic E-state index is 12.3. The van der Waals surface area contributed by atoms with Gasteiger partial charge in [0.1, 0.15) is 0 Å². The number of nitrogens with two attached hydrogens (primary N) is 1. The molecule has 4 N–H and O–H groups in total. The molecule has 1 aromatic heterocycles. The Kier molecular flexibility index (Phi) is 2.18. The third-order valence-corrected chi connectivity index (χ3v) is 3.98. The van der Waals surface area contributed by atoms with E-state index in [0.717, 1.165) is 4.70 Å². The second-order valence-electron chi connectivity index (χ2n) is 3.96. The molecule has 0 aliphatic rings. The molecule has 0 bridgehead atoms. The van der Waals surface area contributed by atoms with Crippen molar-refractivity contribution in [3.8, 4) is 11.5 Å². The Morgan fingerprint density at radius 3 is 2.61 bits per heavy atom.